The third-order valence-electron chi connectivity index (χ3n) is 12.8. The van der Waals surface area contributed by atoms with E-state index in [1.54, 1.807) is 38.5 Å². The monoisotopic (exact) mass is 1000 g/mol. The minimum atomic E-state index is -4.33. The van der Waals surface area contributed by atoms with Gasteiger partial charge >= 0.3 is 10.4 Å². The zero-order chi connectivity index (χ0) is 50.3. The number of ether oxygens (including phenoxy) is 2. The third-order valence-corrected chi connectivity index (χ3v) is 13.2. The van der Waals surface area contributed by atoms with E-state index in [4.69, 9.17) is 24.0 Å². The molecule has 0 spiro atoms. The topological polar surface area (TPSA) is 157 Å². The van der Waals surface area contributed by atoms with Crippen molar-refractivity contribution in [1.82, 2.24) is 29.3 Å². The smallest absolute Gasteiger partial charge is 0.397 e. The van der Waals surface area contributed by atoms with Crippen LogP contribution < -0.4 is 25.4 Å². The lowest BCUT2D eigenvalue weighted by Gasteiger charge is -2.32. The van der Waals surface area contributed by atoms with Crippen molar-refractivity contribution in [1.29, 1.82) is 0 Å². The van der Waals surface area contributed by atoms with Crippen molar-refractivity contribution in [2.24, 2.45) is 0 Å². The molecule has 0 amide bonds. The Bertz CT molecular complexity index is 3050. The fraction of sp³-hybridized carbons (Fsp3) is 0.309. The highest BCUT2D eigenvalue weighted by Gasteiger charge is 2.22. The summed E-state index contributed by atoms with van der Waals surface area (Å²) < 4.78 is 74.1. The van der Waals surface area contributed by atoms with Crippen molar-refractivity contribution in [3.63, 3.8) is 0 Å². The molecular formula is C55H62F2N8O6S. The fourth-order valence-electron chi connectivity index (χ4n) is 8.85. The highest BCUT2D eigenvalue weighted by molar-refractivity contribution is 7.80. The molecule has 8 aromatic rings. The predicted molar refractivity (Wildman–Crippen MR) is 279 cm³/mol. The molecule has 0 saturated carbocycles. The van der Waals surface area contributed by atoms with Gasteiger partial charge in [-0.25, -0.2) is 22.9 Å². The van der Waals surface area contributed by atoms with Gasteiger partial charge in [0.15, 0.2) is 0 Å². The summed E-state index contributed by atoms with van der Waals surface area (Å²) in [6.45, 7) is 6.37. The number of hydrogen-bond donors (Lipinski definition) is 4. The number of nitrogens with zero attached hydrogens (tertiary/aromatic N) is 5. The summed E-state index contributed by atoms with van der Waals surface area (Å²) in [6, 6.07) is 46.0. The Labute approximate surface area is 419 Å². The third kappa shape index (κ3) is 14.8. The van der Waals surface area contributed by atoms with Crippen LogP contribution in [0.3, 0.4) is 0 Å². The van der Waals surface area contributed by atoms with E-state index >= 15 is 0 Å². The zero-order valence-corrected chi connectivity index (χ0v) is 41.4. The molecule has 10 rings (SSSR count). The molecule has 4 N–H and O–H groups in total. The first-order valence-corrected chi connectivity index (χ1v) is 25.6. The average molecular weight is 1000 g/mol. The molecule has 2 aromatic heterocycles. The first-order chi connectivity index (χ1) is 35.0. The normalized spacial score (nSPS) is 14.5. The van der Waals surface area contributed by atoms with Crippen LogP contribution in [0, 0.1) is 11.6 Å². The molecule has 72 heavy (non-hydrogen) atoms. The number of hydrogen-bond acceptors (Lipinski definition) is 11. The second-order valence-corrected chi connectivity index (χ2v) is 18.9. The lowest BCUT2D eigenvalue weighted by molar-refractivity contribution is 0.211. The number of fused-ring (bicyclic) bond motifs is 2. The molecule has 6 aromatic carbocycles. The quantitative estimate of drug-likeness (QED) is 0.0681. The summed E-state index contributed by atoms with van der Waals surface area (Å²) in [6.07, 6.45) is 4.73. The van der Waals surface area contributed by atoms with Crippen LogP contribution in [0.4, 0.5) is 20.7 Å². The maximum atomic E-state index is 13.4. The van der Waals surface area contributed by atoms with Crippen molar-refractivity contribution < 1.29 is 35.4 Å². The van der Waals surface area contributed by atoms with E-state index in [9.17, 15) is 17.2 Å². The van der Waals surface area contributed by atoms with Gasteiger partial charge in [0.1, 0.15) is 23.1 Å². The minimum absolute atomic E-state index is 0.0782. The summed E-state index contributed by atoms with van der Waals surface area (Å²) in [5.41, 5.74) is 8.46. The molecule has 2 aliphatic rings. The number of imidazole rings is 2. The van der Waals surface area contributed by atoms with Gasteiger partial charge in [0.25, 0.3) is 0 Å². The van der Waals surface area contributed by atoms with Crippen LogP contribution in [0.5, 0.6) is 11.5 Å². The average Bonchev–Trinajstić information content (AvgIpc) is 3.92. The number of methoxy groups -OCH3 is 2. The second-order valence-electron chi connectivity index (χ2n) is 17.8. The number of para-hydroxylation sites is 4. The van der Waals surface area contributed by atoms with Gasteiger partial charge in [0.2, 0.25) is 11.9 Å². The Morgan fingerprint density at radius 3 is 1.46 bits per heavy atom. The predicted octanol–water partition coefficient (Wildman–Crippen LogP) is 9.75. The van der Waals surface area contributed by atoms with Gasteiger partial charge in [-0.05, 0) is 140 Å². The van der Waals surface area contributed by atoms with E-state index < -0.39 is 10.4 Å². The number of piperidine rings is 2. The van der Waals surface area contributed by atoms with Crippen LogP contribution in [0.15, 0.2) is 146 Å². The summed E-state index contributed by atoms with van der Waals surface area (Å²) in [4.78, 5) is 12.2. The molecule has 4 heterocycles. The van der Waals surface area contributed by atoms with Gasteiger partial charge in [-0.15, -0.1) is 0 Å². The molecule has 0 radical (unpaired) electrons. The molecule has 2 saturated heterocycles. The van der Waals surface area contributed by atoms with Gasteiger partial charge in [-0.3, -0.25) is 9.45 Å². The fourth-order valence-corrected chi connectivity index (χ4v) is 9.14. The van der Waals surface area contributed by atoms with Crippen LogP contribution in [0.25, 0.3) is 22.1 Å². The molecule has 2 fully saturated rings. The zero-order valence-electron chi connectivity index (χ0n) is 40.6. The molecule has 0 aliphatic carbocycles. The van der Waals surface area contributed by atoms with Crippen LogP contribution in [-0.4, -0.2) is 96.1 Å². The number of aromatic nitrogens is 4. The molecule has 0 bridgehead atoms. The van der Waals surface area contributed by atoms with Gasteiger partial charge in [0.05, 0.1) is 56.0 Å². The van der Waals surface area contributed by atoms with Crippen LogP contribution in [-0.2, 0) is 40.6 Å². The Morgan fingerprint density at radius 1 is 0.583 bits per heavy atom. The van der Waals surface area contributed by atoms with Crippen molar-refractivity contribution in [2.75, 3.05) is 57.6 Å². The Hall–Kier alpha value is -6.89. The minimum Gasteiger partial charge on any atom is -0.497 e. The summed E-state index contributed by atoms with van der Waals surface area (Å²) in [7, 11) is -1.07. The molecule has 17 heteroatoms. The molecular weight excluding hydrogens is 939 g/mol. The highest BCUT2D eigenvalue weighted by Crippen LogP contribution is 2.26. The summed E-state index contributed by atoms with van der Waals surface area (Å²) in [5, 5.41) is 10.7. The highest BCUT2D eigenvalue weighted by atomic mass is 32.3. The number of nitrogens with one attached hydrogen (secondary N) is 3. The Balaban J connectivity index is 0.000000156. The van der Waals surface area contributed by atoms with Gasteiger partial charge in [-0.1, -0.05) is 72.8 Å². The van der Waals surface area contributed by atoms with E-state index in [1.165, 1.54) is 29.8 Å². The molecule has 2 aliphatic heterocycles. The lowest BCUT2D eigenvalue weighted by atomic mass is 10.0. The standard InChI is InChI=1S/C27H29FN4O.C19H21FN4.C9H12O5S/c1-33-24-12-8-20(9-13-24)18-31-16-14-23(15-17-31)29-27-30-25-4-2-3-5-26(25)32(27)19-21-6-10-22(28)11-7-21;20-15-7-5-14(6-8-15)13-24-18-4-2-1-3-17(18)23-19(24)22-16-9-11-21-12-10-16;1-13-9-4-2-8(3-5-9)6-7-14-15(10,11)12/h2-13,23H,14-19H2,1H3,(H,29,30);1-8,16,21H,9-13H2,(H,22,23);2-5H,6-7H2,1H3,(H,10,11,12). The molecule has 378 valence electrons. The van der Waals surface area contributed by atoms with E-state index in [1.807, 2.05) is 72.8 Å². The van der Waals surface area contributed by atoms with Crippen LogP contribution in [0.2, 0.25) is 0 Å². The molecule has 14 nitrogen and oxygen atoms in total. The van der Waals surface area contributed by atoms with Crippen molar-refractivity contribution in [3.05, 3.63) is 179 Å². The maximum Gasteiger partial charge on any atom is 0.397 e. The van der Waals surface area contributed by atoms with Crippen molar-refractivity contribution in [2.45, 2.75) is 63.8 Å². The van der Waals surface area contributed by atoms with E-state index in [2.05, 4.69) is 58.4 Å². The van der Waals surface area contributed by atoms with Crippen LogP contribution in [0.1, 0.15) is 47.9 Å². The Kier molecular flexibility index (Phi) is 17.9. The summed E-state index contributed by atoms with van der Waals surface area (Å²) in [5.74, 6) is 2.98. The van der Waals surface area contributed by atoms with Gasteiger partial charge < -0.3 is 34.6 Å². The van der Waals surface area contributed by atoms with E-state index in [0.717, 1.165) is 121 Å². The number of likely N-dealkylation sites (tertiary alicyclic amines) is 1. The van der Waals surface area contributed by atoms with Gasteiger partial charge in [0, 0.05) is 31.7 Å². The largest absolute Gasteiger partial charge is 0.497 e. The van der Waals surface area contributed by atoms with Gasteiger partial charge in [-0.2, -0.15) is 8.42 Å². The number of halogens is 2. The first kappa shape index (κ1) is 51.5. The summed E-state index contributed by atoms with van der Waals surface area (Å²) >= 11 is 0. The number of benzene rings is 6. The van der Waals surface area contributed by atoms with E-state index in [0.29, 0.717) is 31.6 Å². The van der Waals surface area contributed by atoms with E-state index in [-0.39, 0.29) is 18.2 Å². The Morgan fingerprint density at radius 2 is 1.00 bits per heavy atom. The number of rotatable bonds is 16. The second kappa shape index (κ2) is 25.0. The van der Waals surface area contributed by atoms with Crippen LogP contribution >= 0.6 is 0 Å². The lowest BCUT2D eigenvalue weighted by Crippen LogP contribution is -2.39. The molecule has 0 unspecified atom stereocenters. The first-order valence-electron chi connectivity index (χ1n) is 24.2. The SMILES string of the molecule is COc1ccc(CCOS(=O)(=O)O)cc1.COc1ccc(CN2CCC(Nc3nc4ccccc4n3Cc3ccc(F)cc3)CC2)cc1.Fc1ccc(Cn2c(NC3CCNCC3)nc3ccccc32)cc1. The molecule has 0 atom stereocenters. The number of anilines is 2. The maximum absolute atomic E-state index is 13.4. The van der Waals surface area contributed by atoms with Crippen molar-refractivity contribution in [3.8, 4) is 11.5 Å². The van der Waals surface area contributed by atoms with Crippen molar-refractivity contribution >= 4 is 44.4 Å².